The number of nitrogens with zero attached hydrogens (tertiary/aromatic N) is 2. The van der Waals surface area contributed by atoms with Crippen molar-refractivity contribution < 1.29 is 18.0 Å². The Bertz CT molecular complexity index is 751. The summed E-state index contributed by atoms with van der Waals surface area (Å²) in [6.07, 6.45) is -4.44. The molecule has 124 valence electrons. The van der Waals surface area contributed by atoms with Gasteiger partial charge in [0.25, 0.3) is 0 Å². The molecule has 1 atom stereocenters. The van der Waals surface area contributed by atoms with Crippen molar-refractivity contribution in [3.63, 3.8) is 0 Å². The number of rotatable bonds is 4. The average molecular weight is 327 g/mol. The van der Waals surface area contributed by atoms with E-state index < -0.39 is 23.7 Å². The summed E-state index contributed by atoms with van der Waals surface area (Å²) in [6, 6.07) is 2.72. The first-order chi connectivity index (χ1) is 10.8. The zero-order valence-corrected chi connectivity index (χ0v) is 12.3. The Balaban J connectivity index is 2.00. The van der Waals surface area contributed by atoms with Gasteiger partial charge < -0.3 is 16.4 Å². The number of hydrogen-bond donors (Lipinski definition) is 3. The molecule has 0 bridgehead atoms. The second-order valence-corrected chi connectivity index (χ2v) is 5.64. The molecule has 0 spiro atoms. The Hall–Kier alpha value is -2.29. The molecule has 1 aromatic heterocycles. The first-order valence-corrected chi connectivity index (χ1v) is 7.08. The van der Waals surface area contributed by atoms with Gasteiger partial charge in [-0.15, -0.1) is 0 Å². The molecule has 4 N–H and O–H groups in total. The first kappa shape index (κ1) is 15.6. The van der Waals surface area contributed by atoms with Crippen molar-refractivity contribution in [2.24, 2.45) is 18.7 Å². The minimum atomic E-state index is -4.44. The van der Waals surface area contributed by atoms with E-state index in [1.165, 1.54) is 10.7 Å². The maximum Gasteiger partial charge on any atom is 0.416 e. The highest BCUT2D eigenvalue weighted by molar-refractivity contribution is 5.93. The fraction of sp³-hybridized carbons (Fsp3) is 0.429. The molecule has 23 heavy (non-hydrogen) atoms. The van der Waals surface area contributed by atoms with Crippen LogP contribution in [0.5, 0.6) is 0 Å². The van der Waals surface area contributed by atoms with Gasteiger partial charge in [-0.05, 0) is 18.2 Å². The number of fused-ring (bicyclic) bond motifs is 1. The number of carbonyl (C=O) groups is 1. The number of alkyl halides is 3. The number of anilines is 1. The molecule has 1 aliphatic heterocycles. The Morgan fingerprint density at radius 3 is 2.70 bits per heavy atom. The molecule has 1 saturated heterocycles. The molecule has 0 aliphatic carbocycles. The van der Waals surface area contributed by atoms with Gasteiger partial charge in [-0.2, -0.15) is 18.3 Å². The highest BCUT2D eigenvalue weighted by Crippen LogP contribution is 2.33. The van der Waals surface area contributed by atoms with Crippen LogP contribution in [0.4, 0.5) is 19.0 Å². The Kier molecular flexibility index (Phi) is 3.67. The normalized spacial score (nSPS) is 17.0. The number of aryl methyl sites for hydroxylation is 1. The molecule has 1 fully saturated rings. The second kappa shape index (κ2) is 5.41. The van der Waals surface area contributed by atoms with Crippen molar-refractivity contribution >= 4 is 22.6 Å². The number of nitrogens with two attached hydrogens (primary N) is 1. The van der Waals surface area contributed by atoms with E-state index in [0.29, 0.717) is 24.0 Å². The molecule has 1 amide bonds. The van der Waals surface area contributed by atoms with E-state index in [1.54, 1.807) is 7.05 Å². The van der Waals surface area contributed by atoms with Crippen LogP contribution >= 0.6 is 0 Å². The lowest BCUT2D eigenvalue weighted by atomic mass is 9.93. The van der Waals surface area contributed by atoms with Crippen LogP contribution in [0, 0.1) is 5.92 Å². The molecule has 1 aromatic carbocycles. The zero-order valence-electron chi connectivity index (χ0n) is 12.3. The lowest BCUT2D eigenvalue weighted by Gasteiger charge is -2.33. The van der Waals surface area contributed by atoms with Gasteiger partial charge >= 0.3 is 6.18 Å². The molecular weight excluding hydrogens is 311 g/mol. The predicted molar refractivity (Wildman–Crippen MR) is 78.7 cm³/mol. The number of nitrogens with one attached hydrogen (secondary N) is 2. The molecule has 9 heteroatoms. The summed E-state index contributed by atoms with van der Waals surface area (Å²) in [7, 11) is 1.63. The summed E-state index contributed by atoms with van der Waals surface area (Å²) < 4.78 is 40.2. The molecule has 1 aliphatic rings. The third kappa shape index (κ3) is 2.83. The summed E-state index contributed by atoms with van der Waals surface area (Å²) in [5.41, 5.74) is 5.18. The van der Waals surface area contributed by atoms with E-state index in [1.807, 2.05) is 0 Å². The lowest BCUT2D eigenvalue weighted by molar-refractivity contribution is -0.137. The molecule has 2 aromatic rings. The summed E-state index contributed by atoms with van der Waals surface area (Å²) in [5, 5.41) is 10.4. The van der Waals surface area contributed by atoms with Crippen LogP contribution in [0.2, 0.25) is 0 Å². The number of primary amides is 1. The monoisotopic (exact) mass is 327 g/mol. The molecule has 1 unspecified atom stereocenters. The Morgan fingerprint density at radius 1 is 1.48 bits per heavy atom. The molecule has 3 rings (SSSR count). The van der Waals surface area contributed by atoms with Crippen molar-refractivity contribution in [2.75, 3.05) is 18.4 Å². The number of amides is 1. The Labute approximate surface area is 129 Å². The smallest absolute Gasteiger partial charge is 0.368 e. The van der Waals surface area contributed by atoms with E-state index in [0.717, 1.165) is 12.1 Å². The van der Waals surface area contributed by atoms with Crippen LogP contribution in [0.25, 0.3) is 10.9 Å². The highest BCUT2D eigenvalue weighted by atomic mass is 19.4. The lowest BCUT2D eigenvalue weighted by Crippen LogP contribution is -2.55. The van der Waals surface area contributed by atoms with Gasteiger partial charge in [0.15, 0.2) is 5.82 Å². The van der Waals surface area contributed by atoms with Gasteiger partial charge in [-0.3, -0.25) is 9.48 Å². The number of benzene rings is 1. The van der Waals surface area contributed by atoms with Crippen molar-refractivity contribution in [1.29, 1.82) is 0 Å². The topological polar surface area (TPSA) is 85.0 Å². The number of hydrogen-bond acceptors (Lipinski definition) is 4. The fourth-order valence-corrected chi connectivity index (χ4v) is 2.66. The van der Waals surface area contributed by atoms with Gasteiger partial charge in [-0.1, -0.05) is 0 Å². The zero-order chi connectivity index (χ0) is 16.8. The van der Waals surface area contributed by atoms with Gasteiger partial charge in [-0.25, -0.2) is 0 Å². The van der Waals surface area contributed by atoms with Crippen LogP contribution in [0.1, 0.15) is 5.56 Å². The second-order valence-electron chi connectivity index (χ2n) is 5.64. The number of aromatic nitrogens is 2. The molecular formula is C14H16F3N5O. The van der Waals surface area contributed by atoms with E-state index in [2.05, 4.69) is 15.7 Å². The summed E-state index contributed by atoms with van der Waals surface area (Å²) >= 11 is 0. The average Bonchev–Trinajstić information content (AvgIpc) is 2.71. The largest absolute Gasteiger partial charge is 0.416 e. The minimum Gasteiger partial charge on any atom is -0.368 e. The first-order valence-electron chi connectivity index (χ1n) is 7.08. The van der Waals surface area contributed by atoms with Gasteiger partial charge in [0.05, 0.1) is 11.1 Å². The molecule has 2 heterocycles. The van der Waals surface area contributed by atoms with Crippen molar-refractivity contribution in [1.82, 2.24) is 15.1 Å². The summed E-state index contributed by atoms with van der Waals surface area (Å²) in [6.45, 7) is 1.25. The predicted octanol–water partition coefficient (Wildman–Crippen LogP) is 1.08. The quantitative estimate of drug-likeness (QED) is 0.784. The van der Waals surface area contributed by atoms with Crippen LogP contribution in [-0.4, -0.2) is 34.8 Å². The standard InChI is InChI=1S/C14H16F3N5O/c1-22-10-3-2-8(14(15,16)17)4-9(10)13(21-22)20-11(12(18)23)7-5-19-6-7/h2-4,7,11,19H,5-6H2,1H3,(H2,18,23)(H,20,21). The Morgan fingerprint density at radius 2 is 2.17 bits per heavy atom. The summed E-state index contributed by atoms with van der Waals surface area (Å²) in [4.78, 5) is 11.6. The molecule has 6 nitrogen and oxygen atoms in total. The van der Waals surface area contributed by atoms with E-state index in [-0.39, 0.29) is 11.7 Å². The maximum absolute atomic E-state index is 12.9. The number of halogens is 3. The van der Waals surface area contributed by atoms with Crippen LogP contribution in [-0.2, 0) is 18.0 Å². The van der Waals surface area contributed by atoms with Crippen molar-refractivity contribution in [3.05, 3.63) is 23.8 Å². The van der Waals surface area contributed by atoms with Crippen molar-refractivity contribution in [3.8, 4) is 0 Å². The van der Waals surface area contributed by atoms with Crippen LogP contribution in [0.3, 0.4) is 0 Å². The van der Waals surface area contributed by atoms with Gasteiger partial charge in [0.1, 0.15) is 6.04 Å². The van der Waals surface area contributed by atoms with Gasteiger partial charge in [0, 0.05) is 31.4 Å². The maximum atomic E-state index is 12.9. The van der Waals surface area contributed by atoms with Crippen LogP contribution in [0.15, 0.2) is 18.2 Å². The molecule has 0 radical (unpaired) electrons. The third-order valence-corrected chi connectivity index (χ3v) is 4.06. The van der Waals surface area contributed by atoms with Gasteiger partial charge in [0.2, 0.25) is 5.91 Å². The number of carbonyl (C=O) groups excluding carboxylic acids is 1. The molecule has 0 saturated carbocycles. The van der Waals surface area contributed by atoms with E-state index in [4.69, 9.17) is 5.73 Å². The van der Waals surface area contributed by atoms with E-state index >= 15 is 0 Å². The summed E-state index contributed by atoms with van der Waals surface area (Å²) in [5.74, 6) is -0.332. The van der Waals surface area contributed by atoms with Crippen LogP contribution < -0.4 is 16.4 Å². The van der Waals surface area contributed by atoms with Crippen molar-refractivity contribution in [2.45, 2.75) is 12.2 Å². The SMILES string of the molecule is Cn1nc(NC(C(N)=O)C2CNC2)c2cc(C(F)(F)F)ccc21. The highest BCUT2D eigenvalue weighted by Gasteiger charge is 2.33. The fourth-order valence-electron chi connectivity index (χ4n) is 2.66. The van der Waals surface area contributed by atoms with E-state index in [9.17, 15) is 18.0 Å². The minimum absolute atomic E-state index is 0.00430. The third-order valence-electron chi connectivity index (χ3n) is 4.06.